The Morgan fingerprint density at radius 2 is 1.78 bits per heavy atom. The van der Waals surface area contributed by atoms with Crippen LogP contribution in [0, 0.1) is 0 Å². The van der Waals surface area contributed by atoms with Gasteiger partial charge >= 0.3 is 12.1 Å². The van der Waals surface area contributed by atoms with Crippen LogP contribution in [0.2, 0.25) is 0 Å². The van der Waals surface area contributed by atoms with E-state index in [4.69, 9.17) is 14.2 Å². The number of benzene rings is 2. The first-order valence-electron chi connectivity index (χ1n) is 11.8. The van der Waals surface area contributed by atoms with Crippen molar-refractivity contribution in [3.63, 3.8) is 0 Å². The summed E-state index contributed by atoms with van der Waals surface area (Å²) >= 11 is 0. The molecular weight excluding hydrogens is 460 g/mol. The van der Waals surface area contributed by atoms with E-state index in [1.54, 1.807) is 58.2 Å². The van der Waals surface area contributed by atoms with E-state index in [2.05, 4.69) is 15.6 Å². The van der Waals surface area contributed by atoms with Gasteiger partial charge in [0.1, 0.15) is 17.1 Å². The molecule has 0 fully saturated rings. The lowest BCUT2D eigenvalue weighted by Crippen LogP contribution is -2.34. The zero-order chi connectivity index (χ0) is 26.3. The number of pyridine rings is 1. The summed E-state index contributed by atoms with van der Waals surface area (Å²) in [7, 11) is 3.10. The third-order valence-electron chi connectivity index (χ3n) is 5.39. The summed E-state index contributed by atoms with van der Waals surface area (Å²) < 4.78 is 16.4. The Morgan fingerprint density at radius 3 is 2.39 bits per heavy atom. The zero-order valence-electron chi connectivity index (χ0n) is 21.7. The Balaban J connectivity index is 1.94. The Labute approximate surface area is 211 Å². The van der Waals surface area contributed by atoms with E-state index in [1.165, 1.54) is 0 Å². The average molecular weight is 495 g/mol. The lowest BCUT2D eigenvalue weighted by atomic mass is 10.1. The molecule has 9 nitrogen and oxygen atoms in total. The molecule has 2 N–H and O–H groups in total. The highest BCUT2D eigenvalue weighted by Crippen LogP contribution is 2.37. The summed E-state index contributed by atoms with van der Waals surface area (Å²) in [6.45, 7) is 8.42. The molecule has 3 aromatic rings. The lowest BCUT2D eigenvalue weighted by Gasteiger charge is -2.23. The van der Waals surface area contributed by atoms with Gasteiger partial charge in [0.05, 0.1) is 38.3 Å². The Morgan fingerprint density at radius 1 is 1.06 bits per heavy atom. The number of carbonyl (C=O) groups excluding carboxylic acids is 2. The van der Waals surface area contributed by atoms with E-state index in [-0.39, 0.29) is 12.6 Å². The third-order valence-corrected chi connectivity index (χ3v) is 5.39. The van der Waals surface area contributed by atoms with E-state index < -0.39 is 11.7 Å². The second-order valence-electron chi connectivity index (χ2n) is 9.16. The number of alkyl carbamates (subject to hydrolysis) is 1. The van der Waals surface area contributed by atoms with Crippen LogP contribution in [0.1, 0.15) is 39.0 Å². The SMILES string of the molecule is CCN(Cc1ccccc1)C(=O)Nc1cnc(CNC(=O)OC(C)(C)C)c2c(OC)cc(OC)cc12. The quantitative estimate of drug-likeness (QED) is 0.439. The van der Waals surface area contributed by atoms with Gasteiger partial charge in [0.2, 0.25) is 0 Å². The first-order valence-corrected chi connectivity index (χ1v) is 11.8. The van der Waals surface area contributed by atoms with E-state index >= 15 is 0 Å². The second-order valence-corrected chi connectivity index (χ2v) is 9.16. The Hall–Kier alpha value is -4.01. The summed E-state index contributed by atoms with van der Waals surface area (Å²) in [6.07, 6.45) is 1.02. The van der Waals surface area contributed by atoms with Gasteiger partial charge in [-0.3, -0.25) is 4.98 Å². The molecule has 2 aromatic carbocycles. The van der Waals surface area contributed by atoms with Crippen LogP contribution in [-0.4, -0.2) is 48.4 Å². The van der Waals surface area contributed by atoms with E-state index in [1.807, 2.05) is 37.3 Å². The largest absolute Gasteiger partial charge is 0.497 e. The Bertz CT molecular complexity index is 1210. The summed E-state index contributed by atoms with van der Waals surface area (Å²) in [4.78, 5) is 31.6. The molecule has 36 heavy (non-hydrogen) atoms. The number of amides is 3. The topological polar surface area (TPSA) is 102 Å². The molecule has 0 spiro atoms. The number of carbonyl (C=O) groups is 2. The van der Waals surface area contributed by atoms with Crippen molar-refractivity contribution in [1.29, 1.82) is 0 Å². The first-order chi connectivity index (χ1) is 17.1. The van der Waals surface area contributed by atoms with Crippen LogP contribution >= 0.6 is 0 Å². The normalized spacial score (nSPS) is 11.1. The smallest absolute Gasteiger partial charge is 0.407 e. The fraction of sp³-hybridized carbons (Fsp3) is 0.370. The van der Waals surface area contributed by atoms with Crippen molar-refractivity contribution in [2.45, 2.75) is 46.4 Å². The molecule has 0 aliphatic heterocycles. The molecule has 0 unspecified atom stereocenters. The first kappa shape index (κ1) is 26.6. The summed E-state index contributed by atoms with van der Waals surface area (Å²) in [5, 5.41) is 7.04. The molecule has 3 amide bonds. The van der Waals surface area contributed by atoms with Crippen LogP contribution in [0.15, 0.2) is 48.7 Å². The maximum atomic E-state index is 13.2. The highest BCUT2D eigenvalue weighted by atomic mass is 16.6. The van der Waals surface area contributed by atoms with E-state index in [0.29, 0.717) is 46.7 Å². The van der Waals surface area contributed by atoms with Gasteiger partial charge in [0.25, 0.3) is 0 Å². The fourth-order valence-electron chi connectivity index (χ4n) is 3.68. The maximum Gasteiger partial charge on any atom is 0.407 e. The molecule has 1 aromatic heterocycles. The number of methoxy groups -OCH3 is 2. The van der Waals surface area contributed by atoms with Crippen molar-refractivity contribution in [2.75, 3.05) is 26.1 Å². The number of nitrogens with one attached hydrogen (secondary N) is 2. The highest BCUT2D eigenvalue weighted by Gasteiger charge is 2.20. The Kier molecular flexibility index (Phi) is 8.58. The molecule has 0 saturated heterocycles. The van der Waals surface area contributed by atoms with Crippen molar-refractivity contribution in [1.82, 2.24) is 15.2 Å². The minimum absolute atomic E-state index is 0.109. The third kappa shape index (κ3) is 6.78. The predicted octanol–water partition coefficient (Wildman–Crippen LogP) is 5.33. The molecule has 1 heterocycles. The van der Waals surface area contributed by atoms with Crippen LogP contribution in [0.5, 0.6) is 11.5 Å². The van der Waals surface area contributed by atoms with Gasteiger partial charge in [-0.15, -0.1) is 0 Å². The monoisotopic (exact) mass is 494 g/mol. The molecular formula is C27H34N4O5. The van der Waals surface area contributed by atoms with Crippen LogP contribution in [0.4, 0.5) is 15.3 Å². The van der Waals surface area contributed by atoms with Crippen LogP contribution in [-0.2, 0) is 17.8 Å². The van der Waals surface area contributed by atoms with Gasteiger partial charge < -0.3 is 29.7 Å². The zero-order valence-corrected chi connectivity index (χ0v) is 21.7. The molecule has 192 valence electrons. The summed E-state index contributed by atoms with van der Waals surface area (Å²) in [6, 6.07) is 13.1. The fourth-order valence-corrected chi connectivity index (χ4v) is 3.68. The van der Waals surface area contributed by atoms with E-state index in [0.717, 1.165) is 5.56 Å². The molecule has 0 aliphatic rings. The summed E-state index contributed by atoms with van der Waals surface area (Å²) in [5.74, 6) is 1.06. The minimum atomic E-state index is -0.621. The molecule has 9 heteroatoms. The average Bonchev–Trinajstić information content (AvgIpc) is 2.85. The molecule has 0 radical (unpaired) electrons. The van der Waals surface area contributed by atoms with Gasteiger partial charge in [-0.1, -0.05) is 30.3 Å². The number of ether oxygens (including phenoxy) is 3. The predicted molar refractivity (Wildman–Crippen MR) is 139 cm³/mol. The van der Waals surface area contributed by atoms with Gasteiger partial charge in [-0.2, -0.15) is 0 Å². The number of fused-ring (bicyclic) bond motifs is 1. The highest BCUT2D eigenvalue weighted by molar-refractivity contribution is 6.05. The van der Waals surface area contributed by atoms with Crippen molar-refractivity contribution in [2.24, 2.45) is 0 Å². The van der Waals surface area contributed by atoms with Crippen LogP contribution in [0.3, 0.4) is 0 Å². The van der Waals surface area contributed by atoms with Gasteiger partial charge in [-0.25, -0.2) is 9.59 Å². The number of nitrogens with zero attached hydrogens (tertiary/aromatic N) is 2. The van der Waals surface area contributed by atoms with Crippen LogP contribution in [0.25, 0.3) is 10.8 Å². The lowest BCUT2D eigenvalue weighted by molar-refractivity contribution is 0.0523. The van der Waals surface area contributed by atoms with Crippen LogP contribution < -0.4 is 20.1 Å². The van der Waals surface area contributed by atoms with Crippen molar-refractivity contribution < 1.29 is 23.8 Å². The summed E-state index contributed by atoms with van der Waals surface area (Å²) in [5.41, 5.74) is 1.47. The number of rotatable bonds is 8. The number of urea groups is 1. The standard InChI is InChI=1S/C27H34N4O5/c1-7-31(17-18-11-9-8-10-12-18)25(32)30-21-15-28-22(16-29-26(33)36-27(2,3)4)24-20(21)13-19(34-5)14-23(24)35-6/h8-15H,7,16-17H2,1-6H3,(H,29,33)(H,30,32). The second kappa shape index (κ2) is 11.6. The number of aromatic nitrogens is 1. The van der Waals surface area contributed by atoms with Gasteiger partial charge in [-0.05, 0) is 39.3 Å². The molecule has 0 bridgehead atoms. The van der Waals surface area contributed by atoms with Crippen molar-refractivity contribution in [3.8, 4) is 11.5 Å². The van der Waals surface area contributed by atoms with Crippen molar-refractivity contribution >= 4 is 28.6 Å². The minimum Gasteiger partial charge on any atom is -0.497 e. The molecule has 0 aliphatic carbocycles. The molecule has 0 atom stereocenters. The maximum absolute atomic E-state index is 13.2. The number of anilines is 1. The molecule has 3 rings (SSSR count). The van der Waals surface area contributed by atoms with E-state index in [9.17, 15) is 9.59 Å². The number of hydrogen-bond acceptors (Lipinski definition) is 6. The molecule has 0 saturated carbocycles. The van der Waals surface area contributed by atoms with Crippen molar-refractivity contribution in [3.05, 3.63) is 59.9 Å². The number of hydrogen-bond donors (Lipinski definition) is 2. The van der Waals surface area contributed by atoms with Gasteiger partial charge in [0, 0.05) is 29.9 Å². The van der Waals surface area contributed by atoms with Gasteiger partial charge in [0.15, 0.2) is 0 Å².